The molecular weight excluding hydrogens is 282 g/mol. The molecule has 0 spiro atoms. The lowest BCUT2D eigenvalue weighted by atomic mass is 9.87. The maximum atomic E-state index is 12.5. The number of imide groups is 1. The summed E-state index contributed by atoms with van der Waals surface area (Å²) in [6.45, 7) is 1.79. The van der Waals surface area contributed by atoms with Gasteiger partial charge < -0.3 is 5.32 Å². The molecule has 4 amide bonds. The van der Waals surface area contributed by atoms with Crippen molar-refractivity contribution in [2.45, 2.75) is 18.9 Å². The third-order valence-corrected chi connectivity index (χ3v) is 3.49. The van der Waals surface area contributed by atoms with Gasteiger partial charge in [0.1, 0.15) is 11.4 Å². The summed E-state index contributed by atoms with van der Waals surface area (Å²) < 4.78 is 0. The number of urea groups is 1. The van der Waals surface area contributed by atoms with Gasteiger partial charge in [0.25, 0.3) is 11.8 Å². The smallest absolute Gasteiger partial charge is 0.318 e. The van der Waals surface area contributed by atoms with Crippen LogP contribution in [0.15, 0.2) is 30.3 Å². The van der Waals surface area contributed by atoms with Crippen molar-refractivity contribution in [3.05, 3.63) is 35.9 Å². The van der Waals surface area contributed by atoms with Gasteiger partial charge in [-0.1, -0.05) is 37.3 Å². The van der Waals surface area contributed by atoms with Crippen molar-refractivity contribution < 1.29 is 14.4 Å². The Bertz CT molecular complexity index is 549. The minimum Gasteiger partial charge on any atom is -0.318 e. The van der Waals surface area contributed by atoms with Gasteiger partial charge in [0.15, 0.2) is 0 Å². The first-order chi connectivity index (χ1) is 9.55. The van der Waals surface area contributed by atoms with E-state index in [4.69, 9.17) is 11.6 Å². The number of hydrogen-bond acceptors (Lipinski definition) is 3. The van der Waals surface area contributed by atoms with Gasteiger partial charge in [-0.05, 0) is 12.0 Å². The standard InChI is InChI=1S/C13H14ClN3O3/c1-2-13(9-6-4-3-5-7-9)11(19)17(12(20)15-13)16-10(18)8-14/h3-7H,2,8H2,1H3,(H,15,20)(H,16,18)/t13-/m1/s1. The van der Waals surface area contributed by atoms with E-state index in [0.717, 1.165) is 0 Å². The summed E-state index contributed by atoms with van der Waals surface area (Å²) in [5.41, 5.74) is 1.70. The summed E-state index contributed by atoms with van der Waals surface area (Å²) in [6, 6.07) is 8.24. The highest BCUT2D eigenvalue weighted by Crippen LogP contribution is 2.31. The Hall–Kier alpha value is -2.08. The number of carbonyl (C=O) groups excluding carboxylic acids is 3. The largest absolute Gasteiger partial charge is 0.344 e. The molecule has 1 heterocycles. The molecule has 2 N–H and O–H groups in total. The highest BCUT2D eigenvalue weighted by molar-refractivity contribution is 6.27. The molecule has 1 aliphatic heterocycles. The summed E-state index contributed by atoms with van der Waals surface area (Å²) in [7, 11) is 0. The van der Waals surface area contributed by atoms with Crippen LogP contribution < -0.4 is 10.7 Å². The van der Waals surface area contributed by atoms with Crippen molar-refractivity contribution in [1.82, 2.24) is 15.8 Å². The summed E-state index contributed by atoms with van der Waals surface area (Å²) in [5, 5.41) is 3.32. The second-order valence-corrected chi connectivity index (χ2v) is 4.63. The summed E-state index contributed by atoms with van der Waals surface area (Å²) in [5.74, 6) is -1.47. The van der Waals surface area contributed by atoms with Crippen LogP contribution in [0.4, 0.5) is 4.79 Å². The third kappa shape index (κ3) is 2.22. The average molecular weight is 296 g/mol. The molecular formula is C13H14ClN3O3. The first kappa shape index (κ1) is 14.3. The summed E-state index contributed by atoms with van der Waals surface area (Å²) >= 11 is 5.37. The van der Waals surface area contributed by atoms with Gasteiger partial charge in [-0.3, -0.25) is 15.0 Å². The Morgan fingerprint density at radius 2 is 2.00 bits per heavy atom. The average Bonchev–Trinajstić information content (AvgIpc) is 2.73. The fraction of sp³-hybridized carbons (Fsp3) is 0.308. The molecule has 2 rings (SSSR count). The van der Waals surface area contributed by atoms with Crippen LogP contribution >= 0.6 is 11.6 Å². The molecule has 1 aliphatic rings. The lowest BCUT2D eigenvalue weighted by Crippen LogP contribution is -2.48. The van der Waals surface area contributed by atoms with Crippen LogP contribution in [0.25, 0.3) is 0 Å². The van der Waals surface area contributed by atoms with Crippen LogP contribution in [0.3, 0.4) is 0 Å². The van der Waals surface area contributed by atoms with Gasteiger partial charge in [0.05, 0.1) is 0 Å². The Balaban J connectivity index is 2.36. The van der Waals surface area contributed by atoms with E-state index in [1.807, 2.05) is 6.07 Å². The molecule has 106 valence electrons. The van der Waals surface area contributed by atoms with Crippen molar-refractivity contribution in [3.8, 4) is 0 Å². The molecule has 1 saturated heterocycles. The van der Waals surface area contributed by atoms with Crippen LogP contribution in [-0.4, -0.2) is 28.7 Å². The van der Waals surface area contributed by atoms with Crippen molar-refractivity contribution >= 4 is 29.4 Å². The molecule has 1 fully saturated rings. The molecule has 0 aliphatic carbocycles. The van der Waals surface area contributed by atoms with Crippen LogP contribution in [0.1, 0.15) is 18.9 Å². The molecule has 20 heavy (non-hydrogen) atoms. The van der Waals surface area contributed by atoms with Crippen LogP contribution in [0.2, 0.25) is 0 Å². The topological polar surface area (TPSA) is 78.5 Å². The predicted molar refractivity (Wildman–Crippen MR) is 72.7 cm³/mol. The molecule has 1 aromatic rings. The van der Waals surface area contributed by atoms with E-state index < -0.39 is 23.4 Å². The Kier molecular flexibility index (Phi) is 3.94. The number of hydrogen-bond donors (Lipinski definition) is 2. The van der Waals surface area contributed by atoms with Crippen molar-refractivity contribution in [2.75, 3.05) is 5.88 Å². The van der Waals surface area contributed by atoms with E-state index in [-0.39, 0.29) is 5.88 Å². The minimum atomic E-state index is -1.15. The van der Waals surface area contributed by atoms with E-state index >= 15 is 0 Å². The van der Waals surface area contributed by atoms with Crippen LogP contribution in [0, 0.1) is 0 Å². The number of hydrazine groups is 1. The summed E-state index contributed by atoms with van der Waals surface area (Å²) in [4.78, 5) is 35.7. The Labute approximate surface area is 121 Å². The van der Waals surface area contributed by atoms with E-state index in [9.17, 15) is 14.4 Å². The second kappa shape index (κ2) is 5.50. The van der Waals surface area contributed by atoms with Gasteiger partial charge in [-0.25, -0.2) is 4.79 Å². The maximum absolute atomic E-state index is 12.5. The third-order valence-electron chi connectivity index (χ3n) is 3.25. The monoisotopic (exact) mass is 295 g/mol. The molecule has 0 radical (unpaired) electrons. The van der Waals surface area contributed by atoms with Crippen molar-refractivity contribution in [1.29, 1.82) is 0 Å². The van der Waals surface area contributed by atoms with Crippen LogP contribution in [0.5, 0.6) is 0 Å². The number of alkyl halides is 1. The molecule has 1 aromatic carbocycles. The molecule has 0 unspecified atom stereocenters. The molecule has 6 nitrogen and oxygen atoms in total. The van der Waals surface area contributed by atoms with Crippen LogP contribution in [-0.2, 0) is 15.1 Å². The Morgan fingerprint density at radius 3 is 2.55 bits per heavy atom. The first-order valence-corrected chi connectivity index (χ1v) is 6.66. The van der Waals surface area contributed by atoms with Gasteiger partial charge in [0.2, 0.25) is 0 Å². The van der Waals surface area contributed by atoms with Gasteiger partial charge >= 0.3 is 6.03 Å². The van der Waals surface area contributed by atoms with Gasteiger partial charge in [-0.15, -0.1) is 11.6 Å². The SMILES string of the molecule is CC[C@]1(c2ccccc2)NC(=O)N(NC(=O)CCl)C1=O. The van der Waals surface area contributed by atoms with E-state index in [0.29, 0.717) is 17.0 Å². The lowest BCUT2D eigenvalue weighted by molar-refractivity contribution is -0.138. The fourth-order valence-electron chi connectivity index (χ4n) is 2.19. The highest BCUT2D eigenvalue weighted by atomic mass is 35.5. The number of amides is 4. The number of nitrogens with one attached hydrogen (secondary N) is 2. The zero-order chi connectivity index (χ0) is 14.8. The number of carbonyl (C=O) groups is 3. The second-order valence-electron chi connectivity index (χ2n) is 4.36. The van der Waals surface area contributed by atoms with Crippen molar-refractivity contribution in [2.24, 2.45) is 0 Å². The molecule has 7 heteroatoms. The van der Waals surface area contributed by atoms with Gasteiger partial charge in [-0.2, -0.15) is 5.01 Å². The van der Waals surface area contributed by atoms with Gasteiger partial charge in [0, 0.05) is 0 Å². The number of halogens is 1. The predicted octanol–water partition coefficient (Wildman–Crippen LogP) is 1.11. The number of nitrogens with zero attached hydrogens (tertiary/aromatic N) is 1. The lowest BCUT2D eigenvalue weighted by Gasteiger charge is -2.25. The molecule has 0 aromatic heterocycles. The Morgan fingerprint density at radius 1 is 1.35 bits per heavy atom. The summed E-state index contributed by atoms with van der Waals surface area (Å²) in [6.07, 6.45) is 0.370. The molecule has 0 bridgehead atoms. The number of benzene rings is 1. The quantitative estimate of drug-likeness (QED) is 0.645. The normalized spacial score (nSPS) is 21.8. The zero-order valence-corrected chi connectivity index (χ0v) is 11.6. The van der Waals surface area contributed by atoms with E-state index in [1.54, 1.807) is 31.2 Å². The first-order valence-electron chi connectivity index (χ1n) is 6.13. The number of rotatable bonds is 4. The zero-order valence-electron chi connectivity index (χ0n) is 10.9. The highest BCUT2D eigenvalue weighted by Gasteiger charge is 2.52. The fourth-order valence-corrected chi connectivity index (χ4v) is 2.25. The van der Waals surface area contributed by atoms with E-state index in [2.05, 4.69) is 10.7 Å². The van der Waals surface area contributed by atoms with E-state index in [1.165, 1.54) is 0 Å². The maximum Gasteiger partial charge on any atom is 0.344 e. The molecule has 0 saturated carbocycles. The minimum absolute atomic E-state index is 0.332. The molecule has 1 atom stereocenters. The van der Waals surface area contributed by atoms with Crippen molar-refractivity contribution in [3.63, 3.8) is 0 Å².